The van der Waals surface area contributed by atoms with Crippen LogP contribution in [0.2, 0.25) is 0 Å². The summed E-state index contributed by atoms with van der Waals surface area (Å²) < 4.78 is 0. The number of hydrogen-bond donors (Lipinski definition) is 9. The molecule has 0 spiro atoms. The van der Waals surface area contributed by atoms with E-state index in [0.29, 0.717) is 5.56 Å². The predicted octanol–water partition coefficient (Wildman–Crippen LogP) is -1.18. The maximum absolute atomic E-state index is 13.3. The van der Waals surface area contributed by atoms with Gasteiger partial charge in [-0.15, -0.1) is 0 Å². The zero-order chi connectivity index (χ0) is 37.4. The van der Waals surface area contributed by atoms with Crippen LogP contribution in [0.1, 0.15) is 77.2 Å². The lowest BCUT2D eigenvalue weighted by atomic mass is 9.84. The summed E-state index contributed by atoms with van der Waals surface area (Å²) >= 11 is 0. The molecule has 1 aromatic carbocycles. The van der Waals surface area contributed by atoms with Gasteiger partial charge < -0.3 is 48.3 Å². The minimum absolute atomic E-state index is 0.0298. The van der Waals surface area contributed by atoms with Crippen molar-refractivity contribution in [1.29, 1.82) is 0 Å². The Morgan fingerprint density at radius 2 is 1.24 bits per heavy atom. The van der Waals surface area contributed by atoms with Crippen molar-refractivity contribution in [3.63, 3.8) is 0 Å². The molecule has 0 saturated heterocycles. The molecule has 6 amide bonds. The molecular formula is C33H49N7O10. The highest BCUT2D eigenvalue weighted by Crippen LogP contribution is 2.27. The van der Waals surface area contributed by atoms with Gasteiger partial charge in [-0.2, -0.15) is 0 Å². The van der Waals surface area contributed by atoms with E-state index in [0.717, 1.165) is 32.1 Å². The van der Waals surface area contributed by atoms with E-state index in [4.69, 9.17) is 16.6 Å². The molecule has 17 nitrogen and oxygen atoms in total. The molecule has 11 N–H and O–H groups in total. The first-order chi connectivity index (χ1) is 23.6. The molecule has 276 valence electrons. The van der Waals surface area contributed by atoms with E-state index < -0.39 is 90.1 Å². The molecule has 1 saturated carbocycles. The number of carbonyl (C=O) groups is 8. The first-order valence-corrected chi connectivity index (χ1v) is 16.6. The topological polar surface area (TPSA) is 289 Å². The number of primary amides is 1. The van der Waals surface area contributed by atoms with E-state index in [9.17, 15) is 43.5 Å². The van der Waals surface area contributed by atoms with Crippen molar-refractivity contribution in [3.05, 3.63) is 35.9 Å². The second kappa shape index (κ2) is 20.5. The minimum Gasteiger partial charge on any atom is -0.481 e. The van der Waals surface area contributed by atoms with Crippen molar-refractivity contribution in [2.75, 3.05) is 0 Å². The fourth-order valence-corrected chi connectivity index (χ4v) is 5.50. The molecule has 6 atom stereocenters. The lowest BCUT2D eigenvalue weighted by Crippen LogP contribution is -2.58. The third-order valence-corrected chi connectivity index (χ3v) is 8.37. The van der Waals surface area contributed by atoms with Gasteiger partial charge in [0.1, 0.15) is 30.2 Å². The van der Waals surface area contributed by atoms with Gasteiger partial charge in [-0.05, 0) is 38.2 Å². The summed E-state index contributed by atoms with van der Waals surface area (Å²) in [6.07, 6.45) is 3.72. The molecule has 0 aromatic heterocycles. The maximum Gasteiger partial charge on any atom is 0.326 e. The first kappa shape index (κ1) is 41.1. The van der Waals surface area contributed by atoms with Crippen molar-refractivity contribution in [2.24, 2.45) is 17.4 Å². The number of amides is 6. The molecule has 2 rings (SSSR count). The molecule has 1 aliphatic carbocycles. The molecule has 1 fully saturated rings. The van der Waals surface area contributed by atoms with Gasteiger partial charge in [0.15, 0.2) is 0 Å². The number of benzene rings is 1. The Morgan fingerprint density at radius 1 is 0.720 bits per heavy atom. The van der Waals surface area contributed by atoms with Crippen LogP contribution in [0.15, 0.2) is 30.3 Å². The van der Waals surface area contributed by atoms with Crippen LogP contribution in [0, 0.1) is 5.92 Å². The lowest BCUT2D eigenvalue weighted by molar-refractivity contribution is -0.142. The summed E-state index contributed by atoms with van der Waals surface area (Å²) in [5.74, 6) is -7.19. The SMILES string of the molecule is C[C@H](NC(=O)[C@H](C)NC(=O)[C@H](CC1CCCCC1)NC(=O)[C@@H](N)CC(=O)O)C(=O)N[C@@H](Cc1ccccc1)C(=O)N[C@@H](CCC(N)=O)C(=O)O. The molecule has 0 aliphatic heterocycles. The van der Waals surface area contributed by atoms with Crippen LogP contribution in [0.3, 0.4) is 0 Å². The predicted molar refractivity (Wildman–Crippen MR) is 179 cm³/mol. The monoisotopic (exact) mass is 703 g/mol. The number of aliphatic carboxylic acids is 2. The van der Waals surface area contributed by atoms with Gasteiger partial charge in [0, 0.05) is 12.8 Å². The molecule has 0 heterocycles. The van der Waals surface area contributed by atoms with Crippen molar-refractivity contribution in [3.8, 4) is 0 Å². The van der Waals surface area contributed by atoms with Crippen LogP contribution in [0.25, 0.3) is 0 Å². The van der Waals surface area contributed by atoms with E-state index in [2.05, 4.69) is 26.6 Å². The van der Waals surface area contributed by atoms with Gasteiger partial charge >= 0.3 is 11.9 Å². The molecule has 17 heteroatoms. The van der Waals surface area contributed by atoms with Crippen molar-refractivity contribution < 1.29 is 48.6 Å². The average molecular weight is 704 g/mol. The van der Waals surface area contributed by atoms with Crippen molar-refractivity contribution in [2.45, 2.75) is 114 Å². The Morgan fingerprint density at radius 3 is 1.80 bits per heavy atom. The molecular weight excluding hydrogens is 654 g/mol. The summed E-state index contributed by atoms with van der Waals surface area (Å²) in [6.45, 7) is 2.72. The highest BCUT2D eigenvalue weighted by atomic mass is 16.4. The van der Waals surface area contributed by atoms with Crippen LogP contribution >= 0.6 is 0 Å². The number of carboxylic acid groups (broad SMARTS) is 2. The Bertz CT molecular complexity index is 1370. The molecule has 50 heavy (non-hydrogen) atoms. The third kappa shape index (κ3) is 14.6. The number of carbonyl (C=O) groups excluding carboxylic acids is 6. The largest absolute Gasteiger partial charge is 0.481 e. The first-order valence-electron chi connectivity index (χ1n) is 16.6. The van der Waals surface area contributed by atoms with Gasteiger partial charge in [0.2, 0.25) is 35.4 Å². The number of nitrogens with two attached hydrogens (primary N) is 2. The lowest BCUT2D eigenvalue weighted by Gasteiger charge is -2.28. The standard InChI is InChI=1S/C33H49N7O10/c1-18(37-31(47)24(15-20-9-5-3-6-10-20)40-30(46)22(34)17-27(42)43)28(44)36-19(2)29(45)39-25(16-21-11-7-4-8-12-21)32(48)38-23(33(49)50)13-14-26(35)41/h4,7-8,11-12,18-20,22-25H,3,5-6,9-10,13-17,34H2,1-2H3,(H2,35,41)(H,36,44)(H,37,47)(H,38,48)(H,39,45)(H,40,46)(H,42,43)(H,49,50)/t18-,19-,22-,23-,24-,25-/m0/s1. The van der Waals surface area contributed by atoms with E-state index in [1.54, 1.807) is 30.3 Å². The summed E-state index contributed by atoms with van der Waals surface area (Å²) in [5.41, 5.74) is 11.5. The van der Waals surface area contributed by atoms with Crippen molar-refractivity contribution >= 4 is 47.4 Å². The highest BCUT2D eigenvalue weighted by molar-refractivity contribution is 5.96. The van der Waals surface area contributed by atoms with Crippen LogP contribution in [-0.2, 0) is 44.8 Å². The van der Waals surface area contributed by atoms with Crippen molar-refractivity contribution in [1.82, 2.24) is 26.6 Å². The van der Waals surface area contributed by atoms with Crippen LogP contribution in [-0.4, -0.2) is 93.8 Å². The summed E-state index contributed by atoms with van der Waals surface area (Å²) in [4.78, 5) is 99.2. The molecule has 0 unspecified atom stereocenters. The highest BCUT2D eigenvalue weighted by Gasteiger charge is 2.32. The fraction of sp³-hybridized carbons (Fsp3) is 0.576. The Balaban J connectivity index is 2.09. The summed E-state index contributed by atoms with van der Waals surface area (Å²) in [7, 11) is 0. The number of rotatable bonds is 20. The van der Waals surface area contributed by atoms with E-state index in [1.807, 2.05) is 0 Å². The van der Waals surface area contributed by atoms with Crippen LogP contribution in [0.5, 0.6) is 0 Å². The third-order valence-electron chi connectivity index (χ3n) is 8.37. The van der Waals surface area contributed by atoms with Gasteiger partial charge in [-0.25, -0.2) is 4.79 Å². The second-order valence-corrected chi connectivity index (χ2v) is 12.6. The van der Waals surface area contributed by atoms with Crippen LogP contribution < -0.4 is 38.1 Å². The van der Waals surface area contributed by atoms with E-state index in [1.165, 1.54) is 13.8 Å². The summed E-state index contributed by atoms with van der Waals surface area (Å²) in [5, 5.41) is 30.9. The maximum atomic E-state index is 13.3. The summed E-state index contributed by atoms with van der Waals surface area (Å²) in [6, 6.07) is 0.996. The molecule has 0 radical (unpaired) electrons. The van der Waals surface area contributed by atoms with Gasteiger partial charge in [-0.1, -0.05) is 62.4 Å². The average Bonchev–Trinajstić information content (AvgIpc) is 3.06. The Hall–Kier alpha value is -5.06. The molecule has 1 aliphatic rings. The molecule has 1 aromatic rings. The normalized spacial score (nSPS) is 16.6. The van der Waals surface area contributed by atoms with Gasteiger partial charge in [-0.3, -0.25) is 33.6 Å². The molecule has 0 bridgehead atoms. The Kier molecular flexibility index (Phi) is 16.8. The number of nitrogens with one attached hydrogen (secondary N) is 5. The van der Waals surface area contributed by atoms with Gasteiger partial charge in [0.25, 0.3) is 0 Å². The fourth-order valence-electron chi connectivity index (χ4n) is 5.50. The zero-order valence-corrected chi connectivity index (χ0v) is 28.3. The van der Waals surface area contributed by atoms with Crippen LogP contribution in [0.4, 0.5) is 0 Å². The van der Waals surface area contributed by atoms with Gasteiger partial charge in [0.05, 0.1) is 12.5 Å². The smallest absolute Gasteiger partial charge is 0.326 e. The quantitative estimate of drug-likeness (QED) is 0.0779. The Labute approximate surface area is 290 Å². The minimum atomic E-state index is -1.45. The number of carboxylic acids is 2. The number of hydrogen-bond acceptors (Lipinski definition) is 9. The second-order valence-electron chi connectivity index (χ2n) is 12.6. The van der Waals surface area contributed by atoms with E-state index in [-0.39, 0.29) is 31.6 Å². The zero-order valence-electron chi connectivity index (χ0n) is 28.3. The van der Waals surface area contributed by atoms with E-state index >= 15 is 0 Å².